The van der Waals surface area contributed by atoms with Crippen molar-refractivity contribution in [1.29, 1.82) is 0 Å². The van der Waals surface area contributed by atoms with Crippen LogP contribution in [0.5, 0.6) is 0 Å². The molecule has 2 aromatic carbocycles. The number of hydrogen-bond donors (Lipinski definition) is 0. The van der Waals surface area contributed by atoms with E-state index in [1.807, 2.05) is 55.5 Å². The molecule has 0 aliphatic carbocycles. The highest BCUT2D eigenvalue weighted by atomic mass is 127. The Kier molecular flexibility index (Phi) is 5.98. The SMILES string of the molecule is Cc1ccc(-c2ccc(/C=C3\SC(=O)N(Cc4ccc(I)cc4)C3=O)o2)c(Br)c1. The van der Waals surface area contributed by atoms with Gasteiger partial charge in [-0.25, -0.2) is 0 Å². The van der Waals surface area contributed by atoms with Gasteiger partial charge in [-0.15, -0.1) is 0 Å². The average molecular weight is 580 g/mol. The van der Waals surface area contributed by atoms with E-state index in [9.17, 15) is 9.59 Å². The molecule has 4 nitrogen and oxygen atoms in total. The summed E-state index contributed by atoms with van der Waals surface area (Å²) in [6.45, 7) is 2.28. The van der Waals surface area contributed by atoms with E-state index < -0.39 is 0 Å². The van der Waals surface area contributed by atoms with Gasteiger partial charge in [0, 0.05) is 19.7 Å². The lowest BCUT2D eigenvalue weighted by atomic mass is 10.1. The molecule has 0 saturated carbocycles. The number of halogens is 2. The fourth-order valence-corrected chi connectivity index (χ4v) is 4.80. The summed E-state index contributed by atoms with van der Waals surface area (Å²) in [6, 6.07) is 17.4. The maximum atomic E-state index is 12.7. The molecule has 3 aromatic rings. The Labute approximate surface area is 194 Å². The highest BCUT2D eigenvalue weighted by Crippen LogP contribution is 2.35. The van der Waals surface area contributed by atoms with Gasteiger partial charge in [-0.1, -0.05) is 34.1 Å². The van der Waals surface area contributed by atoms with Gasteiger partial charge in [0.1, 0.15) is 11.5 Å². The smallest absolute Gasteiger partial charge is 0.293 e. The predicted octanol–water partition coefficient (Wildman–Crippen LogP) is 6.86. The monoisotopic (exact) mass is 579 g/mol. The Morgan fingerprint density at radius 3 is 2.59 bits per heavy atom. The van der Waals surface area contributed by atoms with E-state index in [1.165, 1.54) is 4.90 Å². The van der Waals surface area contributed by atoms with Gasteiger partial charge in [-0.05, 0) is 88.8 Å². The summed E-state index contributed by atoms with van der Waals surface area (Å²) < 4.78 is 7.95. The Hall–Kier alpha value is -1.84. The van der Waals surface area contributed by atoms with E-state index in [4.69, 9.17) is 4.42 Å². The summed E-state index contributed by atoms with van der Waals surface area (Å²) in [5.41, 5.74) is 3.00. The summed E-state index contributed by atoms with van der Waals surface area (Å²) in [4.78, 5) is 26.7. The van der Waals surface area contributed by atoms with Gasteiger partial charge in [-0.3, -0.25) is 14.5 Å². The van der Waals surface area contributed by atoms with Gasteiger partial charge in [0.15, 0.2) is 0 Å². The summed E-state index contributed by atoms with van der Waals surface area (Å²) in [7, 11) is 0. The number of aryl methyl sites for hydroxylation is 1. The first-order valence-corrected chi connectivity index (χ1v) is 11.5. The van der Waals surface area contributed by atoms with Gasteiger partial charge < -0.3 is 4.42 Å². The minimum absolute atomic E-state index is 0.263. The zero-order chi connectivity index (χ0) is 20.5. The number of imide groups is 1. The lowest BCUT2D eigenvalue weighted by molar-refractivity contribution is -0.123. The van der Waals surface area contributed by atoms with Crippen LogP contribution in [0.4, 0.5) is 4.79 Å². The molecular weight excluding hydrogens is 565 g/mol. The van der Waals surface area contributed by atoms with Crippen LogP contribution in [-0.2, 0) is 11.3 Å². The van der Waals surface area contributed by atoms with Crippen LogP contribution >= 0.6 is 50.3 Å². The molecule has 0 radical (unpaired) electrons. The molecule has 0 bridgehead atoms. The molecule has 29 heavy (non-hydrogen) atoms. The number of nitrogens with zero attached hydrogens (tertiary/aromatic N) is 1. The van der Waals surface area contributed by atoms with Gasteiger partial charge in [0.05, 0.1) is 11.4 Å². The third kappa shape index (κ3) is 4.51. The lowest BCUT2D eigenvalue weighted by Crippen LogP contribution is -2.27. The van der Waals surface area contributed by atoms with Crippen molar-refractivity contribution in [2.75, 3.05) is 0 Å². The van der Waals surface area contributed by atoms with Crippen LogP contribution in [0.25, 0.3) is 17.4 Å². The van der Waals surface area contributed by atoms with Crippen molar-refractivity contribution in [3.63, 3.8) is 0 Å². The van der Waals surface area contributed by atoms with Gasteiger partial charge in [0.2, 0.25) is 0 Å². The molecular formula is C22H15BrINO3S. The largest absolute Gasteiger partial charge is 0.457 e. The first-order valence-electron chi connectivity index (χ1n) is 8.77. The van der Waals surface area contributed by atoms with Crippen LogP contribution in [0.15, 0.2) is 68.4 Å². The van der Waals surface area contributed by atoms with Crippen molar-refractivity contribution in [1.82, 2.24) is 4.90 Å². The maximum Gasteiger partial charge on any atom is 0.293 e. The van der Waals surface area contributed by atoms with Crippen LogP contribution in [0.1, 0.15) is 16.9 Å². The summed E-state index contributed by atoms with van der Waals surface area (Å²) in [5, 5.41) is -0.271. The standard InChI is InChI=1S/C22H15BrINO3S/c1-13-2-8-17(18(23)10-13)19-9-7-16(28-19)11-20-21(26)25(22(27)29-20)12-14-3-5-15(24)6-4-14/h2-11H,12H2,1H3/b20-11-. The number of rotatable bonds is 4. The zero-order valence-corrected chi connectivity index (χ0v) is 19.9. The number of thioether (sulfide) groups is 1. The number of amides is 2. The molecule has 0 atom stereocenters. The van der Waals surface area contributed by atoms with Crippen molar-refractivity contribution < 1.29 is 14.0 Å². The first kappa shape index (κ1) is 20.4. The number of carbonyl (C=O) groups excluding carboxylic acids is 2. The first-order chi connectivity index (χ1) is 13.9. The Morgan fingerprint density at radius 2 is 1.86 bits per heavy atom. The number of benzene rings is 2. The maximum absolute atomic E-state index is 12.7. The third-order valence-electron chi connectivity index (χ3n) is 4.42. The second-order valence-corrected chi connectivity index (χ2v) is 9.67. The van der Waals surface area contributed by atoms with E-state index >= 15 is 0 Å². The molecule has 7 heteroatoms. The highest BCUT2D eigenvalue weighted by Gasteiger charge is 2.35. The minimum Gasteiger partial charge on any atom is -0.457 e. The Balaban J connectivity index is 1.54. The van der Waals surface area contributed by atoms with Crippen LogP contribution < -0.4 is 0 Å². The normalized spacial score (nSPS) is 15.6. The molecule has 1 saturated heterocycles. The number of hydrogen-bond acceptors (Lipinski definition) is 4. The van der Waals surface area contributed by atoms with Gasteiger partial charge in [0.25, 0.3) is 11.1 Å². The molecule has 2 amide bonds. The molecule has 0 spiro atoms. The fraction of sp³-hybridized carbons (Fsp3) is 0.0909. The molecule has 0 unspecified atom stereocenters. The van der Waals surface area contributed by atoms with E-state index in [1.54, 1.807) is 12.1 Å². The van der Waals surface area contributed by atoms with Gasteiger partial charge >= 0.3 is 0 Å². The van der Waals surface area contributed by atoms with Crippen LogP contribution in [0, 0.1) is 10.5 Å². The molecule has 1 fully saturated rings. The van der Waals surface area contributed by atoms with Crippen LogP contribution in [0.2, 0.25) is 0 Å². The summed E-state index contributed by atoms with van der Waals surface area (Å²) >= 11 is 6.71. The van der Waals surface area contributed by atoms with Crippen molar-refractivity contribution in [3.8, 4) is 11.3 Å². The van der Waals surface area contributed by atoms with E-state index in [2.05, 4.69) is 38.5 Å². The van der Waals surface area contributed by atoms with Crippen molar-refractivity contribution in [2.45, 2.75) is 13.5 Å². The predicted molar refractivity (Wildman–Crippen MR) is 127 cm³/mol. The molecule has 2 heterocycles. The van der Waals surface area contributed by atoms with Crippen molar-refractivity contribution in [3.05, 3.63) is 84.4 Å². The number of furan rings is 1. The van der Waals surface area contributed by atoms with Crippen molar-refractivity contribution in [2.24, 2.45) is 0 Å². The molecule has 4 rings (SSSR count). The van der Waals surface area contributed by atoms with Gasteiger partial charge in [-0.2, -0.15) is 0 Å². The van der Waals surface area contributed by atoms with E-state index in [-0.39, 0.29) is 17.7 Å². The fourth-order valence-electron chi connectivity index (χ4n) is 2.93. The van der Waals surface area contributed by atoms with E-state index in [0.29, 0.717) is 16.4 Å². The lowest BCUT2D eigenvalue weighted by Gasteiger charge is -2.12. The van der Waals surface area contributed by atoms with Crippen LogP contribution in [0.3, 0.4) is 0 Å². The highest BCUT2D eigenvalue weighted by molar-refractivity contribution is 14.1. The third-order valence-corrected chi connectivity index (χ3v) is 6.70. The summed E-state index contributed by atoms with van der Waals surface area (Å²) in [5.74, 6) is 0.932. The molecule has 1 aliphatic heterocycles. The Morgan fingerprint density at radius 1 is 1.10 bits per heavy atom. The van der Waals surface area contributed by atoms with Crippen molar-refractivity contribution >= 4 is 67.5 Å². The number of carbonyl (C=O) groups is 2. The molecule has 1 aliphatic rings. The second-order valence-electron chi connectivity index (χ2n) is 6.58. The Bertz CT molecular complexity index is 1140. The minimum atomic E-state index is -0.298. The molecule has 1 aromatic heterocycles. The molecule has 146 valence electrons. The molecule has 0 N–H and O–H groups in total. The van der Waals surface area contributed by atoms with E-state index in [0.717, 1.165) is 36.5 Å². The van der Waals surface area contributed by atoms with Crippen LogP contribution in [-0.4, -0.2) is 16.0 Å². The average Bonchev–Trinajstić information content (AvgIpc) is 3.24. The summed E-state index contributed by atoms with van der Waals surface area (Å²) in [6.07, 6.45) is 1.63. The second kappa shape index (κ2) is 8.49. The quantitative estimate of drug-likeness (QED) is 0.250. The zero-order valence-electron chi connectivity index (χ0n) is 15.3. The topological polar surface area (TPSA) is 50.5 Å².